The van der Waals surface area contributed by atoms with E-state index < -0.39 is 5.97 Å². The summed E-state index contributed by atoms with van der Waals surface area (Å²) in [6.45, 7) is 2.34. The van der Waals surface area contributed by atoms with Gasteiger partial charge in [0.15, 0.2) is 5.17 Å². The molecule has 0 saturated carbocycles. The van der Waals surface area contributed by atoms with Crippen molar-refractivity contribution in [1.82, 2.24) is 4.90 Å². The van der Waals surface area contributed by atoms with Crippen molar-refractivity contribution in [2.75, 3.05) is 13.7 Å². The topological polar surface area (TPSA) is 79.2 Å². The molecule has 138 valence electrons. The fraction of sp³-hybridized carbons (Fsp3) is 0.150. The molecule has 0 aliphatic carbocycles. The van der Waals surface area contributed by atoms with Crippen LogP contribution in [-0.2, 0) is 4.79 Å². The number of hydrogen-bond acceptors (Lipinski definition) is 5. The van der Waals surface area contributed by atoms with Crippen LogP contribution in [0.15, 0.2) is 58.4 Å². The first-order valence-corrected chi connectivity index (χ1v) is 9.11. The van der Waals surface area contributed by atoms with Crippen LogP contribution in [0.5, 0.6) is 5.75 Å². The van der Waals surface area contributed by atoms with E-state index in [0.29, 0.717) is 28.1 Å². The Morgan fingerprint density at radius 3 is 2.74 bits per heavy atom. The van der Waals surface area contributed by atoms with Crippen LogP contribution in [0.2, 0.25) is 0 Å². The number of thioether (sulfide) groups is 1. The minimum Gasteiger partial charge on any atom is -0.497 e. The number of carboxylic acid groups (broad SMARTS) is 1. The number of amidine groups is 1. The summed E-state index contributed by atoms with van der Waals surface area (Å²) >= 11 is 1.27. The molecule has 0 aromatic heterocycles. The summed E-state index contributed by atoms with van der Waals surface area (Å²) in [6.07, 6.45) is 1.80. The average Bonchev–Trinajstić information content (AvgIpc) is 2.96. The first-order valence-electron chi connectivity index (χ1n) is 8.29. The van der Waals surface area contributed by atoms with Crippen LogP contribution in [0, 0.1) is 0 Å². The third kappa shape index (κ3) is 4.20. The maximum absolute atomic E-state index is 12.7. The van der Waals surface area contributed by atoms with Crippen LogP contribution < -0.4 is 4.74 Å². The largest absolute Gasteiger partial charge is 0.497 e. The van der Waals surface area contributed by atoms with Gasteiger partial charge in [0.25, 0.3) is 5.91 Å². The fourth-order valence-electron chi connectivity index (χ4n) is 2.57. The molecule has 0 atom stereocenters. The highest BCUT2D eigenvalue weighted by molar-refractivity contribution is 8.18. The van der Waals surface area contributed by atoms with Crippen LogP contribution in [0.25, 0.3) is 6.08 Å². The predicted molar refractivity (Wildman–Crippen MR) is 106 cm³/mol. The standard InChI is InChI=1S/C20H18N2O4S/c1-3-22-18(23)17(11-13-6-4-9-16(10-13)26-2)27-20(22)21-15-8-5-7-14(12-15)19(24)25/h4-12H,3H2,1-2H3,(H,24,25)/b17-11-,21-20?. The molecule has 0 radical (unpaired) electrons. The number of carboxylic acids is 1. The summed E-state index contributed by atoms with van der Waals surface area (Å²) in [4.78, 5) is 30.4. The van der Waals surface area contributed by atoms with Crippen molar-refractivity contribution < 1.29 is 19.4 Å². The summed E-state index contributed by atoms with van der Waals surface area (Å²) < 4.78 is 5.22. The highest BCUT2D eigenvalue weighted by Gasteiger charge is 2.32. The molecular weight excluding hydrogens is 364 g/mol. The molecule has 3 rings (SSSR count). The molecule has 0 bridgehead atoms. The normalized spacial score (nSPS) is 17.0. The molecule has 1 N–H and O–H groups in total. The Bertz CT molecular complexity index is 953. The number of likely N-dealkylation sites (N-methyl/N-ethyl adjacent to an activating group) is 1. The fourth-order valence-corrected chi connectivity index (χ4v) is 3.63. The zero-order valence-corrected chi connectivity index (χ0v) is 15.7. The van der Waals surface area contributed by atoms with Gasteiger partial charge in [-0.3, -0.25) is 9.69 Å². The van der Waals surface area contributed by atoms with Crippen LogP contribution in [0.3, 0.4) is 0 Å². The number of aliphatic imine (C=N–C) groups is 1. The van der Waals surface area contributed by atoms with E-state index in [9.17, 15) is 9.59 Å². The van der Waals surface area contributed by atoms with Gasteiger partial charge in [0, 0.05) is 6.54 Å². The number of amides is 1. The number of rotatable bonds is 5. The van der Waals surface area contributed by atoms with Crippen molar-refractivity contribution in [3.63, 3.8) is 0 Å². The van der Waals surface area contributed by atoms with E-state index in [1.807, 2.05) is 31.2 Å². The molecule has 1 aliphatic rings. The van der Waals surface area contributed by atoms with Crippen molar-refractivity contribution in [2.45, 2.75) is 6.92 Å². The number of benzene rings is 2. The summed E-state index contributed by atoms with van der Waals surface area (Å²) in [6, 6.07) is 13.8. The molecule has 1 aliphatic heterocycles. The van der Waals surface area contributed by atoms with Crippen molar-refractivity contribution >= 4 is 40.6 Å². The molecular formula is C20H18N2O4S. The Hall–Kier alpha value is -3.06. The summed E-state index contributed by atoms with van der Waals surface area (Å²) in [5, 5.41) is 9.65. The van der Waals surface area contributed by atoms with Gasteiger partial charge in [0.1, 0.15) is 5.75 Å². The maximum atomic E-state index is 12.7. The second-order valence-corrected chi connectivity index (χ2v) is 6.70. The Labute approximate surface area is 161 Å². The van der Waals surface area contributed by atoms with Crippen molar-refractivity contribution in [2.24, 2.45) is 4.99 Å². The van der Waals surface area contributed by atoms with Gasteiger partial charge >= 0.3 is 5.97 Å². The smallest absolute Gasteiger partial charge is 0.335 e. The van der Waals surface area contributed by atoms with Gasteiger partial charge in [-0.15, -0.1) is 0 Å². The lowest BCUT2D eigenvalue weighted by molar-refractivity contribution is -0.122. The van der Waals surface area contributed by atoms with Gasteiger partial charge in [-0.05, 0) is 60.7 Å². The lowest BCUT2D eigenvalue weighted by Gasteiger charge is -2.12. The number of aromatic carboxylic acids is 1. The van der Waals surface area contributed by atoms with Crippen LogP contribution in [0.4, 0.5) is 5.69 Å². The predicted octanol–water partition coefficient (Wildman–Crippen LogP) is 4.02. The van der Waals surface area contributed by atoms with Crippen molar-refractivity contribution in [3.05, 3.63) is 64.6 Å². The monoisotopic (exact) mass is 382 g/mol. The minimum absolute atomic E-state index is 0.126. The number of methoxy groups -OCH3 is 1. The van der Waals surface area contributed by atoms with Crippen LogP contribution in [0.1, 0.15) is 22.8 Å². The number of ether oxygens (including phenoxy) is 1. The first kappa shape index (κ1) is 18.7. The zero-order valence-electron chi connectivity index (χ0n) is 14.9. The van der Waals surface area contributed by atoms with E-state index in [-0.39, 0.29) is 11.5 Å². The third-order valence-corrected chi connectivity index (χ3v) is 4.92. The van der Waals surface area contributed by atoms with Crippen LogP contribution in [-0.4, -0.2) is 40.7 Å². The SMILES string of the molecule is CCN1C(=O)/C(=C/c2cccc(OC)c2)SC1=Nc1cccc(C(=O)O)c1. The lowest BCUT2D eigenvalue weighted by atomic mass is 10.2. The maximum Gasteiger partial charge on any atom is 0.335 e. The Morgan fingerprint density at radius 2 is 2.04 bits per heavy atom. The van der Waals surface area contributed by atoms with Gasteiger partial charge in [-0.1, -0.05) is 18.2 Å². The molecule has 6 nitrogen and oxygen atoms in total. The molecule has 1 saturated heterocycles. The quantitative estimate of drug-likeness (QED) is 0.790. The second-order valence-electron chi connectivity index (χ2n) is 5.69. The molecule has 1 fully saturated rings. The van der Waals surface area contributed by atoms with Crippen molar-refractivity contribution in [1.29, 1.82) is 0 Å². The van der Waals surface area contributed by atoms with Gasteiger partial charge in [0.05, 0.1) is 23.3 Å². The molecule has 1 amide bonds. The number of carbonyl (C=O) groups is 2. The van der Waals surface area contributed by atoms with Crippen molar-refractivity contribution in [3.8, 4) is 5.75 Å². The minimum atomic E-state index is -1.02. The highest BCUT2D eigenvalue weighted by Crippen LogP contribution is 2.34. The van der Waals surface area contributed by atoms with E-state index in [1.165, 1.54) is 23.9 Å². The Kier molecular flexibility index (Phi) is 5.61. The molecule has 2 aromatic carbocycles. The van der Waals surface area contributed by atoms with E-state index in [1.54, 1.807) is 30.2 Å². The molecule has 7 heteroatoms. The molecule has 0 unspecified atom stereocenters. The average molecular weight is 382 g/mol. The van der Waals surface area contributed by atoms with Gasteiger partial charge in [-0.25, -0.2) is 9.79 Å². The van der Waals surface area contributed by atoms with E-state index >= 15 is 0 Å². The molecule has 27 heavy (non-hydrogen) atoms. The van der Waals surface area contributed by atoms with E-state index in [4.69, 9.17) is 9.84 Å². The van der Waals surface area contributed by atoms with E-state index in [2.05, 4.69) is 4.99 Å². The molecule has 2 aromatic rings. The molecule has 0 spiro atoms. The van der Waals surface area contributed by atoms with Gasteiger partial charge < -0.3 is 9.84 Å². The first-order chi connectivity index (χ1) is 13.0. The lowest BCUT2D eigenvalue weighted by Crippen LogP contribution is -2.28. The van der Waals surface area contributed by atoms with Gasteiger partial charge in [0.2, 0.25) is 0 Å². The Morgan fingerprint density at radius 1 is 1.26 bits per heavy atom. The highest BCUT2D eigenvalue weighted by atomic mass is 32.2. The van der Waals surface area contributed by atoms with Crippen LogP contribution >= 0.6 is 11.8 Å². The van der Waals surface area contributed by atoms with E-state index in [0.717, 1.165) is 5.56 Å². The molecule has 1 heterocycles. The number of nitrogens with zero attached hydrogens (tertiary/aromatic N) is 2. The second kappa shape index (κ2) is 8.09. The number of carbonyl (C=O) groups excluding carboxylic acids is 1. The summed E-state index contributed by atoms with van der Waals surface area (Å²) in [5.74, 6) is -0.428. The zero-order chi connectivity index (χ0) is 19.4. The summed E-state index contributed by atoms with van der Waals surface area (Å²) in [7, 11) is 1.59. The van der Waals surface area contributed by atoms with Gasteiger partial charge in [-0.2, -0.15) is 0 Å². The number of hydrogen-bond donors (Lipinski definition) is 1. The third-order valence-electron chi connectivity index (χ3n) is 3.91. The summed E-state index contributed by atoms with van der Waals surface area (Å²) in [5.41, 5.74) is 1.50. The Balaban J connectivity index is 1.93.